The van der Waals surface area contributed by atoms with E-state index in [0.29, 0.717) is 12.2 Å². The minimum absolute atomic E-state index is 0.0262. The first kappa shape index (κ1) is 10.4. The van der Waals surface area contributed by atoms with E-state index in [4.69, 9.17) is 9.47 Å². The number of anilines is 1. The Morgan fingerprint density at radius 3 is 3.06 bits per heavy atom. The molecule has 0 radical (unpaired) electrons. The number of hydrogen-bond donors (Lipinski definition) is 1. The lowest BCUT2D eigenvalue weighted by Gasteiger charge is -2.27. The maximum Gasteiger partial charge on any atom is 0.338 e. The van der Waals surface area contributed by atoms with Gasteiger partial charge in [0.25, 0.3) is 0 Å². The van der Waals surface area contributed by atoms with Gasteiger partial charge in [-0.3, -0.25) is 0 Å². The van der Waals surface area contributed by atoms with Gasteiger partial charge in [0, 0.05) is 0 Å². The first-order valence-electron chi connectivity index (χ1n) is 5.96. The molecular formula is C13H15NO3. The molecule has 1 spiro atoms. The van der Waals surface area contributed by atoms with Crippen LogP contribution in [0.3, 0.4) is 0 Å². The molecule has 2 aliphatic rings. The molecule has 1 aliphatic heterocycles. The second-order valence-corrected chi connectivity index (χ2v) is 4.57. The lowest BCUT2D eigenvalue weighted by Crippen LogP contribution is -2.32. The van der Waals surface area contributed by atoms with Crippen LogP contribution in [0.5, 0.6) is 5.75 Å². The minimum atomic E-state index is -0.288. The van der Waals surface area contributed by atoms with Crippen LogP contribution in [0, 0.1) is 0 Å². The summed E-state index contributed by atoms with van der Waals surface area (Å²) in [5, 5.41) is 3.32. The maximum atomic E-state index is 11.6. The van der Waals surface area contributed by atoms with Gasteiger partial charge in [0.15, 0.2) is 0 Å². The Bertz CT molecular complexity index is 466. The van der Waals surface area contributed by atoms with Crippen LogP contribution in [-0.4, -0.2) is 24.7 Å². The summed E-state index contributed by atoms with van der Waals surface area (Å²) in [4.78, 5) is 11.6. The van der Waals surface area contributed by atoms with Gasteiger partial charge in [0.1, 0.15) is 11.4 Å². The van der Waals surface area contributed by atoms with Crippen LogP contribution in [0.4, 0.5) is 5.69 Å². The van der Waals surface area contributed by atoms with Crippen molar-refractivity contribution >= 4 is 11.7 Å². The van der Waals surface area contributed by atoms with Crippen molar-refractivity contribution in [2.45, 2.75) is 25.4 Å². The van der Waals surface area contributed by atoms with Crippen LogP contribution in [0.1, 0.15) is 30.1 Å². The van der Waals surface area contributed by atoms with Gasteiger partial charge in [-0.05, 0) is 38.0 Å². The molecule has 0 aromatic heterocycles. The van der Waals surface area contributed by atoms with Crippen LogP contribution < -0.4 is 10.1 Å². The van der Waals surface area contributed by atoms with E-state index in [0.717, 1.165) is 30.8 Å². The summed E-state index contributed by atoms with van der Waals surface area (Å²) in [6, 6.07) is 5.39. The van der Waals surface area contributed by atoms with Crippen molar-refractivity contribution in [3.8, 4) is 5.75 Å². The zero-order valence-electron chi connectivity index (χ0n) is 9.79. The Hall–Kier alpha value is -1.71. The zero-order chi connectivity index (χ0) is 11.9. The predicted octanol–water partition coefficient (Wildman–Crippen LogP) is 2.20. The van der Waals surface area contributed by atoms with E-state index in [-0.39, 0.29) is 11.6 Å². The fourth-order valence-corrected chi connectivity index (χ4v) is 2.04. The third-order valence-corrected chi connectivity index (χ3v) is 3.23. The highest BCUT2D eigenvalue weighted by Gasteiger charge is 2.47. The smallest absolute Gasteiger partial charge is 0.338 e. The first-order chi connectivity index (χ1) is 8.22. The lowest BCUT2D eigenvalue weighted by atomic mass is 10.1. The highest BCUT2D eigenvalue weighted by molar-refractivity contribution is 5.91. The Kier molecular flexibility index (Phi) is 2.24. The van der Waals surface area contributed by atoms with Gasteiger partial charge in [-0.1, -0.05) is 0 Å². The van der Waals surface area contributed by atoms with Gasteiger partial charge >= 0.3 is 5.97 Å². The zero-order valence-corrected chi connectivity index (χ0v) is 9.79. The fraction of sp³-hybridized carbons (Fsp3) is 0.462. The van der Waals surface area contributed by atoms with Crippen molar-refractivity contribution in [3.63, 3.8) is 0 Å². The van der Waals surface area contributed by atoms with Crippen molar-refractivity contribution in [3.05, 3.63) is 23.8 Å². The van der Waals surface area contributed by atoms with E-state index in [2.05, 4.69) is 5.32 Å². The minimum Gasteiger partial charge on any atom is -0.483 e. The average Bonchev–Trinajstić information content (AvgIpc) is 3.08. The summed E-state index contributed by atoms with van der Waals surface area (Å²) in [5.74, 6) is 0.547. The monoisotopic (exact) mass is 233 g/mol. The van der Waals surface area contributed by atoms with Crippen molar-refractivity contribution in [2.75, 3.05) is 18.5 Å². The molecule has 1 aromatic rings. The standard InChI is InChI=1S/C13H15NO3/c1-2-16-12(15)9-3-4-11-10(7-9)14-8-13(17-11)5-6-13/h3-4,7,14H,2,5-6,8H2,1H3. The SMILES string of the molecule is CCOC(=O)c1ccc2c(c1)NCC1(CC1)O2. The second-order valence-electron chi connectivity index (χ2n) is 4.57. The van der Waals surface area contributed by atoms with E-state index < -0.39 is 0 Å². The molecule has 3 rings (SSSR count). The molecule has 90 valence electrons. The van der Waals surface area contributed by atoms with Crippen molar-refractivity contribution < 1.29 is 14.3 Å². The summed E-state index contributed by atoms with van der Waals surface area (Å²) in [7, 11) is 0. The Morgan fingerprint density at radius 1 is 1.53 bits per heavy atom. The first-order valence-corrected chi connectivity index (χ1v) is 5.96. The normalized spacial score (nSPS) is 18.9. The predicted molar refractivity (Wildman–Crippen MR) is 63.5 cm³/mol. The number of nitrogens with one attached hydrogen (secondary N) is 1. The van der Waals surface area contributed by atoms with Crippen LogP contribution in [0.2, 0.25) is 0 Å². The van der Waals surface area contributed by atoms with Gasteiger partial charge in [0.05, 0.1) is 24.4 Å². The summed E-state index contributed by atoms with van der Waals surface area (Å²) in [6.45, 7) is 3.02. The van der Waals surface area contributed by atoms with Crippen molar-refractivity contribution in [1.29, 1.82) is 0 Å². The molecule has 4 nitrogen and oxygen atoms in total. The highest BCUT2D eigenvalue weighted by Crippen LogP contribution is 2.45. The van der Waals surface area contributed by atoms with Gasteiger partial charge in [0.2, 0.25) is 0 Å². The number of esters is 1. The molecule has 1 saturated carbocycles. The third-order valence-electron chi connectivity index (χ3n) is 3.23. The van der Waals surface area contributed by atoms with Crippen LogP contribution in [0.25, 0.3) is 0 Å². The van der Waals surface area contributed by atoms with Crippen LogP contribution >= 0.6 is 0 Å². The highest BCUT2D eigenvalue weighted by atomic mass is 16.5. The molecule has 0 bridgehead atoms. The van der Waals surface area contributed by atoms with Gasteiger partial charge in [-0.15, -0.1) is 0 Å². The molecule has 1 N–H and O–H groups in total. The molecular weight excluding hydrogens is 218 g/mol. The molecule has 1 heterocycles. The molecule has 4 heteroatoms. The number of benzene rings is 1. The van der Waals surface area contributed by atoms with Gasteiger partial charge in [-0.2, -0.15) is 0 Å². The number of ether oxygens (including phenoxy) is 2. The summed E-state index contributed by atoms with van der Waals surface area (Å²) < 4.78 is 10.9. The Labute approximate surface area is 99.9 Å². The van der Waals surface area contributed by atoms with E-state index in [1.165, 1.54) is 0 Å². The lowest BCUT2D eigenvalue weighted by molar-refractivity contribution is 0.0526. The largest absolute Gasteiger partial charge is 0.483 e. The Morgan fingerprint density at radius 2 is 2.35 bits per heavy atom. The van der Waals surface area contributed by atoms with Crippen LogP contribution in [0.15, 0.2) is 18.2 Å². The summed E-state index contributed by atoms with van der Waals surface area (Å²) in [5.41, 5.74) is 1.47. The van der Waals surface area contributed by atoms with Crippen LogP contribution in [-0.2, 0) is 4.74 Å². The van der Waals surface area contributed by atoms with Crippen molar-refractivity contribution in [1.82, 2.24) is 0 Å². The molecule has 1 aromatic carbocycles. The van der Waals surface area contributed by atoms with E-state index in [9.17, 15) is 4.79 Å². The Balaban J connectivity index is 1.84. The van der Waals surface area contributed by atoms with Crippen molar-refractivity contribution in [2.24, 2.45) is 0 Å². The number of fused-ring (bicyclic) bond motifs is 1. The van der Waals surface area contributed by atoms with E-state index in [1.54, 1.807) is 19.1 Å². The number of carbonyl (C=O) groups excluding carboxylic acids is 1. The molecule has 0 amide bonds. The number of hydrogen-bond acceptors (Lipinski definition) is 4. The van der Waals surface area contributed by atoms with E-state index in [1.807, 2.05) is 6.07 Å². The maximum absolute atomic E-state index is 11.6. The topological polar surface area (TPSA) is 47.6 Å². The van der Waals surface area contributed by atoms with E-state index >= 15 is 0 Å². The molecule has 17 heavy (non-hydrogen) atoms. The number of carbonyl (C=O) groups is 1. The molecule has 0 saturated heterocycles. The second kappa shape index (κ2) is 3.65. The fourth-order valence-electron chi connectivity index (χ4n) is 2.04. The van der Waals surface area contributed by atoms with Gasteiger partial charge in [-0.25, -0.2) is 4.79 Å². The average molecular weight is 233 g/mol. The third kappa shape index (κ3) is 1.84. The quantitative estimate of drug-likeness (QED) is 0.795. The molecule has 0 atom stereocenters. The molecule has 1 fully saturated rings. The number of rotatable bonds is 2. The summed E-state index contributed by atoms with van der Waals surface area (Å²) in [6.07, 6.45) is 2.22. The molecule has 1 aliphatic carbocycles. The van der Waals surface area contributed by atoms with Gasteiger partial charge < -0.3 is 14.8 Å². The molecule has 0 unspecified atom stereocenters. The summed E-state index contributed by atoms with van der Waals surface area (Å²) >= 11 is 0.